The van der Waals surface area contributed by atoms with Gasteiger partial charge in [-0.2, -0.15) is 0 Å². The van der Waals surface area contributed by atoms with Crippen molar-refractivity contribution in [1.29, 1.82) is 0 Å². The molecule has 0 saturated heterocycles. The van der Waals surface area contributed by atoms with Crippen LogP contribution in [0, 0.1) is 6.92 Å². The summed E-state index contributed by atoms with van der Waals surface area (Å²) >= 11 is 6.91. The van der Waals surface area contributed by atoms with E-state index in [1.165, 1.54) is 11.3 Å². The van der Waals surface area contributed by atoms with Gasteiger partial charge < -0.3 is 5.32 Å². The molecule has 2 aromatic rings. The van der Waals surface area contributed by atoms with Crippen LogP contribution in [0.4, 0.5) is 10.5 Å². The van der Waals surface area contributed by atoms with E-state index >= 15 is 0 Å². The van der Waals surface area contributed by atoms with Gasteiger partial charge in [-0.1, -0.05) is 18.5 Å². The van der Waals surface area contributed by atoms with Crippen molar-refractivity contribution >= 4 is 74.2 Å². The molecule has 0 spiro atoms. The van der Waals surface area contributed by atoms with Gasteiger partial charge in [0.25, 0.3) is 10.0 Å². The first-order valence-corrected chi connectivity index (χ1v) is 9.18. The van der Waals surface area contributed by atoms with Crippen LogP contribution in [-0.2, 0) is 16.4 Å². The second kappa shape index (κ2) is 8.50. The van der Waals surface area contributed by atoms with Crippen LogP contribution in [0.3, 0.4) is 0 Å². The molecule has 0 radical (unpaired) electrons. The third kappa shape index (κ3) is 5.48. The van der Waals surface area contributed by atoms with Gasteiger partial charge in [0.05, 0.1) is 0 Å². The molecule has 1 heterocycles. The number of urea groups is 1. The number of hydrogen-bond donors (Lipinski definition) is 2. The van der Waals surface area contributed by atoms with E-state index in [9.17, 15) is 13.2 Å². The number of rotatable bonds is 4. The van der Waals surface area contributed by atoms with Crippen molar-refractivity contribution < 1.29 is 13.2 Å². The van der Waals surface area contributed by atoms with Crippen LogP contribution in [0.1, 0.15) is 17.4 Å². The number of benzene rings is 1. The molecule has 1 aromatic heterocycles. The van der Waals surface area contributed by atoms with E-state index in [1.807, 2.05) is 18.6 Å². The van der Waals surface area contributed by atoms with Gasteiger partial charge in [-0.25, -0.2) is 17.9 Å². The quantitative estimate of drug-likeness (QED) is 0.798. The Labute approximate surface area is 166 Å². The van der Waals surface area contributed by atoms with Crippen molar-refractivity contribution in [3.63, 3.8) is 0 Å². The third-order valence-corrected chi connectivity index (χ3v) is 6.35. The number of nitrogens with one attached hydrogen (secondary N) is 2. The number of amides is 2. The molecule has 0 fully saturated rings. The Bertz CT molecular complexity index is 789. The van der Waals surface area contributed by atoms with E-state index in [0.717, 1.165) is 16.9 Å². The molecule has 2 amide bonds. The van der Waals surface area contributed by atoms with Gasteiger partial charge in [0, 0.05) is 15.6 Å². The second-order valence-corrected chi connectivity index (χ2v) is 8.07. The molecule has 120 valence electrons. The summed E-state index contributed by atoms with van der Waals surface area (Å²) < 4.78 is 26.5. The number of carbonyl (C=O) groups excluding carboxylic acids is 1. The van der Waals surface area contributed by atoms with Crippen molar-refractivity contribution in [2.75, 3.05) is 5.32 Å². The number of carbonyl (C=O) groups is 1. The summed E-state index contributed by atoms with van der Waals surface area (Å²) in [5.41, 5.74) is 1.36. The second-order valence-electron chi connectivity index (χ2n) is 4.59. The fourth-order valence-corrected chi connectivity index (χ4v) is 4.40. The van der Waals surface area contributed by atoms with Crippen molar-refractivity contribution in [2.24, 2.45) is 0 Å². The third-order valence-electron chi connectivity index (χ3n) is 2.91. The summed E-state index contributed by atoms with van der Waals surface area (Å²) in [6.45, 7) is 3.80. The SMILES string of the molecule is CCc1sc(S(=O)(=O)NC(=O)Nc2ccc(Cl)cc2)cc1C.[NaH]. The number of anilines is 1. The minimum absolute atomic E-state index is 0. The molecule has 2 rings (SSSR count). The van der Waals surface area contributed by atoms with Crippen LogP contribution in [-0.4, -0.2) is 44.0 Å². The summed E-state index contributed by atoms with van der Waals surface area (Å²) in [5, 5.41) is 2.97. The summed E-state index contributed by atoms with van der Waals surface area (Å²) in [6.07, 6.45) is 0.753. The predicted molar refractivity (Wildman–Crippen MR) is 96.4 cm³/mol. The Hall–Kier alpha value is -0.570. The molecule has 9 heteroatoms. The number of thiophene rings is 1. The molecule has 0 bridgehead atoms. The maximum atomic E-state index is 12.2. The molecule has 0 aliphatic heterocycles. The first kappa shape index (κ1) is 20.5. The van der Waals surface area contributed by atoms with Gasteiger partial charge in [0.2, 0.25) is 0 Å². The number of sulfonamides is 1. The van der Waals surface area contributed by atoms with E-state index < -0.39 is 16.1 Å². The fourth-order valence-electron chi connectivity index (χ4n) is 1.83. The molecule has 2 N–H and O–H groups in total. The zero-order valence-corrected chi connectivity index (χ0v) is 14.4. The summed E-state index contributed by atoms with van der Waals surface area (Å²) in [7, 11) is -3.87. The molecule has 0 aliphatic carbocycles. The van der Waals surface area contributed by atoms with E-state index in [0.29, 0.717) is 10.7 Å². The van der Waals surface area contributed by atoms with E-state index in [-0.39, 0.29) is 33.8 Å². The normalized spacial score (nSPS) is 10.7. The van der Waals surface area contributed by atoms with Crippen LogP contribution >= 0.6 is 22.9 Å². The first-order valence-electron chi connectivity index (χ1n) is 6.50. The Morgan fingerprint density at radius 3 is 2.39 bits per heavy atom. The van der Waals surface area contributed by atoms with Gasteiger partial charge in [-0.05, 0) is 49.2 Å². The molecular weight excluding hydrogens is 367 g/mol. The van der Waals surface area contributed by atoms with Crippen LogP contribution < -0.4 is 10.0 Å². The molecule has 23 heavy (non-hydrogen) atoms. The molecule has 0 saturated carbocycles. The number of halogens is 1. The Morgan fingerprint density at radius 1 is 1.26 bits per heavy atom. The van der Waals surface area contributed by atoms with E-state index in [4.69, 9.17) is 11.6 Å². The van der Waals surface area contributed by atoms with Crippen molar-refractivity contribution in [1.82, 2.24) is 4.72 Å². The van der Waals surface area contributed by atoms with Crippen LogP contribution in [0.25, 0.3) is 0 Å². The van der Waals surface area contributed by atoms with Gasteiger partial charge in [-0.3, -0.25) is 0 Å². The van der Waals surface area contributed by atoms with Gasteiger partial charge in [0.15, 0.2) is 0 Å². The maximum absolute atomic E-state index is 12.2. The Balaban J connectivity index is 0.00000264. The molecule has 0 aliphatic rings. The summed E-state index contributed by atoms with van der Waals surface area (Å²) in [6, 6.07) is 7.12. The van der Waals surface area contributed by atoms with E-state index in [1.54, 1.807) is 30.3 Å². The predicted octanol–water partition coefficient (Wildman–Crippen LogP) is 3.13. The van der Waals surface area contributed by atoms with Crippen molar-refractivity contribution in [2.45, 2.75) is 24.5 Å². The summed E-state index contributed by atoms with van der Waals surface area (Å²) in [4.78, 5) is 12.8. The van der Waals surface area contributed by atoms with Gasteiger partial charge in [0.1, 0.15) is 4.21 Å². The average Bonchev–Trinajstić information content (AvgIpc) is 2.83. The Kier molecular flexibility index (Phi) is 7.57. The van der Waals surface area contributed by atoms with Crippen molar-refractivity contribution in [3.05, 3.63) is 45.8 Å². The molecule has 5 nitrogen and oxygen atoms in total. The molecule has 0 atom stereocenters. The van der Waals surface area contributed by atoms with Gasteiger partial charge in [-0.15, -0.1) is 11.3 Å². The summed E-state index contributed by atoms with van der Waals surface area (Å²) in [5.74, 6) is 0. The zero-order chi connectivity index (χ0) is 16.3. The van der Waals surface area contributed by atoms with Crippen LogP contribution in [0.2, 0.25) is 5.02 Å². The standard InChI is InChI=1S/C14H15ClN2O3S2.Na.H/c1-3-12-9(2)8-13(21-12)22(19,20)17-14(18)16-11-6-4-10(15)5-7-11;;/h4-8H,3H2,1-2H3,(H2,16,17,18);;. The Morgan fingerprint density at radius 2 is 1.87 bits per heavy atom. The monoisotopic (exact) mass is 382 g/mol. The number of aryl methyl sites for hydroxylation is 2. The minimum atomic E-state index is -3.87. The zero-order valence-electron chi connectivity index (χ0n) is 12.0. The van der Waals surface area contributed by atoms with Crippen LogP contribution in [0.5, 0.6) is 0 Å². The van der Waals surface area contributed by atoms with E-state index in [2.05, 4.69) is 5.32 Å². The molecule has 1 aromatic carbocycles. The fraction of sp³-hybridized carbons (Fsp3) is 0.214. The van der Waals surface area contributed by atoms with Crippen molar-refractivity contribution in [3.8, 4) is 0 Å². The first-order chi connectivity index (χ1) is 10.3. The number of hydrogen-bond acceptors (Lipinski definition) is 4. The van der Waals surface area contributed by atoms with Crippen LogP contribution in [0.15, 0.2) is 34.5 Å². The average molecular weight is 383 g/mol. The molecular formula is C14H16ClN2NaO3S2. The topological polar surface area (TPSA) is 75.3 Å². The van der Waals surface area contributed by atoms with Gasteiger partial charge >= 0.3 is 35.6 Å². The molecule has 0 unspecified atom stereocenters.